The van der Waals surface area contributed by atoms with Crippen LogP contribution in [-0.2, 0) is 14.4 Å². The lowest BCUT2D eigenvalue weighted by molar-refractivity contribution is 0.193. The molecule has 1 fully saturated rings. The Morgan fingerprint density at radius 2 is 1.84 bits per heavy atom. The monoisotopic (exact) mass is 307 g/mol. The van der Waals surface area contributed by atoms with Crippen LogP contribution in [-0.4, -0.2) is 46.0 Å². The zero-order valence-corrected chi connectivity index (χ0v) is 15.2. The Hall–Kier alpha value is 0.0869. The molecule has 0 amide bonds. The van der Waals surface area contributed by atoms with Crippen molar-refractivity contribution in [3.63, 3.8) is 0 Å². The minimum Gasteiger partial charge on any atom is -0.413 e. The smallest absolute Gasteiger partial charge is 0.211 e. The van der Waals surface area contributed by atoms with E-state index in [4.69, 9.17) is 4.43 Å². The third kappa shape index (κ3) is 4.03. The van der Waals surface area contributed by atoms with Gasteiger partial charge in [0.1, 0.15) is 0 Å². The van der Waals surface area contributed by atoms with E-state index in [0.717, 1.165) is 12.8 Å². The molecule has 6 heteroatoms. The molecule has 0 aliphatic carbocycles. The van der Waals surface area contributed by atoms with Gasteiger partial charge in [-0.2, -0.15) is 4.31 Å². The van der Waals surface area contributed by atoms with E-state index in [0.29, 0.717) is 6.54 Å². The number of hydrogen-bond donors (Lipinski definition) is 0. The predicted molar refractivity (Wildman–Crippen MR) is 82.3 cm³/mol. The zero-order valence-electron chi connectivity index (χ0n) is 13.4. The lowest BCUT2D eigenvalue weighted by Crippen LogP contribution is -2.44. The molecule has 2 unspecified atom stereocenters. The third-order valence-corrected chi connectivity index (χ3v) is 10.3. The molecule has 114 valence electrons. The van der Waals surface area contributed by atoms with Crippen molar-refractivity contribution in [2.75, 3.05) is 12.8 Å². The Bertz CT molecular complexity index is 414. The van der Waals surface area contributed by atoms with Crippen LogP contribution in [0.3, 0.4) is 0 Å². The average molecular weight is 308 g/mol. The van der Waals surface area contributed by atoms with Crippen LogP contribution < -0.4 is 0 Å². The molecule has 0 aromatic carbocycles. The fraction of sp³-hybridized carbons (Fsp3) is 1.00. The van der Waals surface area contributed by atoms with Crippen molar-refractivity contribution in [3.05, 3.63) is 0 Å². The van der Waals surface area contributed by atoms with Crippen molar-refractivity contribution >= 4 is 18.3 Å². The Balaban J connectivity index is 2.80. The van der Waals surface area contributed by atoms with Crippen LogP contribution in [0.5, 0.6) is 0 Å². The summed E-state index contributed by atoms with van der Waals surface area (Å²) >= 11 is 0. The highest BCUT2D eigenvalue weighted by Crippen LogP contribution is 2.39. The van der Waals surface area contributed by atoms with Gasteiger partial charge in [-0.1, -0.05) is 27.7 Å². The van der Waals surface area contributed by atoms with Gasteiger partial charge in [0.15, 0.2) is 8.32 Å². The van der Waals surface area contributed by atoms with Crippen molar-refractivity contribution < 1.29 is 12.8 Å². The van der Waals surface area contributed by atoms with Crippen LogP contribution >= 0.6 is 0 Å². The van der Waals surface area contributed by atoms with Crippen molar-refractivity contribution in [2.45, 2.75) is 70.8 Å². The minimum atomic E-state index is -3.12. The molecule has 0 radical (unpaired) electrons. The highest BCUT2D eigenvalue weighted by Gasteiger charge is 2.43. The molecule has 19 heavy (non-hydrogen) atoms. The van der Waals surface area contributed by atoms with E-state index in [9.17, 15) is 8.42 Å². The van der Waals surface area contributed by atoms with Crippen LogP contribution in [0.4, 0.5) is 0 Å². The standard InChI is InChI=1S/C13H29NO3SSi/c1-8-11-9-12(10-14(11)18(5,15)16)17-19(6,7)13(2,3)4/h11-12H,8-10H2,1-7H3. The van der Waals surface area contributed by atoms with Gasteiger partial charge >= 0.3 is 0 Å². The summed E-state index contributed by atoms with van der Waals surface area (Å²) in [7, 11) is -4.94. The Labute approximate surface area is 119 Å². The van der Waals surface area contributed by atoms with E-state index in [1.54, 1.807) is 4.31 Å². The normalized spacial score (nSPS) is 26.9. The van der Waals surface area contributed by atoms with Gasteiger partial charge in [-0.25, -0.2) is 8.42 Å². The molecule has 2 atom stereocenters. The molecule has 0 N–H and O–H groups in total. The molecule has 1 aliphatic rings. The summed E-state index contributed by atoms with van der Waals surface area (Å²) in [6.45, 7) is 13.6. The quantitative estimate of drug-likeness (QED) is 0.750. The molecule has 0 aromatic rings. The van der Waals surface area contributed by atoms with Crippen LogP contribution in [0.2, 0.25) is 18.1 Å². The van der Waals surface area contributed by atoms with Gasteiger partial charge in [0.05, 0.1) is 12.4 Å². The first-order chi connectivity index (χ1) is 8.38. The lowest BCUT2D eigenvalue weighted by Gasteiger charge is -2.38. The van der Waals surface area contributed by atoms with E-state index in [1.165, 1.54) is 6.26 Å². The Morgan fingerprint density at radius 3 is 2.16 bits per heavy atom. The van der Waals surface area contributed by atoms with E-state index >= 15 is 0 Å². The van der Waals surface area contributed by atoms with Gasteiger partial charge in [0, 0.05) is 12.6 Å². The van der Waals surface area contributed by atoms with Gasteiger partial charge in [-0.15, -0.1) is 0 Å². The maximum Gasteiger partial charge on any atom is 0.211 e. The van der Waals surface area contributed by atoms with Crippen molar-refractivity contribution in [2.24, 2.45) is 0 Å². The molecule has 0 bridgehead atoms. The van der Waals surface area contributed by atoms with Crippen molar-refractivity contribution in [1.82, 2.24) is 4.31 Å². The van der Waals surface area contributed by atoms with Gasteiger partial charge < -0.3 is 4.43 Å². The fourth-order valence-electron chi connectivity index (χ4n) is 2.30. The molecular formula is C13H29NO3SSi. The molecular weight excluding hydrogens is 278 g/mol. The van der Waals surface area contributed by atoms with E-state index < -0.39 is 18.3 Å². The summed E-state index contributed by atoms with van der Waals surface area (Å²) in [6, 6.07) is 0.102. The highest BCUT2D eigenvalue weighted by molar-refractivity contribution is 7.88. The number of hydrogen-bond acceptors (Lipinski definition) is 3. The first-order valence-corrected chi connectivity index (χ1v) is 11.8. The van der Waals surface area contributed by atoms with E-state index in [-0.39, 0.29) is 17.2 Å². The second kappa shape index (κ2) is 5.46. The van der Waals surface area contributed by atoms with Crippen molar-refractivity contribution in [1.29, 1.82) is 0 Å². The molecule has 1 heterocycles. The minimum absolute atomic E-state index is 0.0561. The summed E-state index contributed by atoms with van der Waals surface area (Å²) in [5.74, 6) is 0. The SMILES string of the molecule is CCC1CC(O[Si](C)(C)C(C)(C)C)CN1S(C)(=O)=O. The summed E-state index contributed by atoms with van der Waals surface area (Å²) in [6.07, 6.45) is 3.03. The number of sulfonamides is 1. The first-order valence-electron chi connectivity index (χ1n) is 7.03. The molecule has 1 rings (SSSR count). The van der Waals surface area contributed by atoms with Gasteiger partial charge in [0.25, 0.3) is 0 Å². The second-order valence-electron chi connectivity index (χ2n) is 7.13. The largest absolute Gasteiger partial charge is 0.413 e. The summed E-state index contributed by atoms with van der Waals surface area (Å²) in [4.78, 5) is 0. The third-order valence-electron chi connectivity index (χ3n) is 4.49. The van der Waals surface area contributed by atoms with E-state index in [1.807, 2.05) is 6.92 Å². The average Bonchev–Trinajstić information content (AvgIpc) is 2.57. The molecule has 4 nitrogen and oxygen atoms in total. The highest BCUT2D eigenvalue weighted by atomic mass is 32.2. The first kappa shape index (κ1) is 17.1. The van der Waals surface area contributed by atoms with Gasteiger partial charge in [0.2, 0.25) is 10.0 Å². The van der Waals surface area contributed by atoms with E-state index in [2.05, 4.69) is 33.9 Å². The molecule has 0 spiro atoms. The second-order valence-corrected chi connectivity index (χ2v) is 13.8. The maximum absolute atomic E-state index is 11.8. The maximum atomic E-state index is 11.8. The molecule has 0 saturated carbocycles. The molecule has 1 saturated heterocycles. The molecule has 1 aliphatic heterocycles. The lowest BCUT2D eigenvalue weighted by atomic mass is 10.2. The fourth-order valence-corrected chi connectivity index (χ4v) is 4.87. The van der Waals surface area contributed by atoms with Crippen LogP contribution in [0.25, 0.3) is 0 Å². The van der Waals surface area contributed by atoms with Crippen LogP contribution in [0.15, 0.2) is 0 Å². The van der Waals surface area contributed by atoms with Crippen LogP contribution in [0, 0.1) is 0 Å². The summed E-state index contributed by atoms with van der Waals surface area (Å²) in [5, 5.41) is 0.160. The Kier molecular flexibility index (Phi) is 4.93. The van der Waals surface area contributed by atoms with Crippen molar-refractivity contribution in [3.8, 4) is 0 Å². The number of nitrogens with zero attached hydrogens (tertiary/aromatic N) is 1. The number of rotatable bonds is 4. The zero-order chi connectivity index (χ0) is 15.1. The van der Waals surface area contributed by atoms with Gasteiger partial charge in [-0.3, -0.25) is 0 Å². The van der Waals surface area contributed by atoms with Crippen LogP contribution in [0.1, 0.15) is 40.5 Å². The predicted octanol–water partition coefficient (Wildman–Crippen LogP) is 2.82. The Morgan fingerprint density at radius 1 is 1.32 bits per heavy atom. The summed E-state index contributed by atoms with van der Waals surface area (Å²) < 4.78 is 31.6. The van der Waals surface area contributed by atoms with Gasteiger partial charge in [-0.05, 0) is 31.0 Å². The molecule has 0 aromatic heterocycles. The topological polar surface area (TPSA) is 46.6 Å². The summed E-state index contributed by atoms with van der Waals surface area (Å²) in [5.41, 5.74) is 0.